The molecular formula is C21H28N6O4S. The summed E-state index contributed by atoms with van der Waals surface area (Å²) in [6.07, 6.45) is 2.31. The smallest absolute Gasteiger partial charge is 0.359 e. The molecule has 0 aliphatic carbocycles. The van der Waals surface area contributed by atoms with E-state index in [9.17, 15) is 9.00 Å². The van der Waals surface area contributed by atoms with Crippen LogP contribution in [-0.2, 0) is 33.7 Å². The van der Waals surface area contributed by atoms with Gasteiger partial charge in [-0.05, 0) is 25.8 Å². The molecule has 32 heavy (non-hydrogen) atoms. The lowest BCUT2D eigenvalue weighted by molar-refractivity contribution is 0.0223. The van der Waals surface area contributed by atoms with E-state index in [-0.39, 0.29) is 6.10 Å². The number of ether oxygens (including phenoxy) is 2. The van der Waals surface area contributed by atoms with Crippen molar-refractivity contribution in [2.75, 3.05) is 48.9 Å². The number of hydrogen-bond donors (Lipinski definition) is 0. The maximum Gasteiger partial charge on any atom is 0.359 e. The molecule has 0 bridgehead atoms. The van der Waals surface area contributed by atoms with Gasteiger partial charge in [0.1, 0.15) is 11.0 Å². The van der Waals surface area contributed by atoms with Crippen molar-refractivity contribution in [3.63, 3.8) is 0 Å². The van der Waals surface area contributed by atoms with Crippen molar-refractivity contribution >= 4 is 28.5 Å². The van der Waals surface area contributed by atoms with E-state index in [2.05, 4.69) is 10.00 Å². The standard InChI is InChI=1S/C21H28N6O4S/c1-13-10-17(24-26(13)3)20(28)31-15-11-27(12-15)21-22-16-6-9-32(29)18(16)19(23-21)25(2)14-4-7-30-8-5-14/h10,14-15H,4-9,11-12H2,1-3H3. The summed E-state index contributed by atoms with van der Waals surface area (Å²) in [5.74, 6) is 1.55. The third-order valence-electron chi connectivity index (χ3n) is 6.46. The Morgan fingerprint density at radius 3 is 2.72 bits per heavy atom. The lowest BCUT2D eigenvalue weighted by Gasteiger charge is -2.39. The lowest BCUT2D eigenvalue weighted by Crippen LogP contribution is -2.54. The van der Waals surface area contributed by atoms with Crippen molar-refractivity contribution in [3.8, 4) is 0 Å². The average Bonchev–Trinajstić information content (AvgIpc) is 3.31. The molecule has 10 nitrogen and oxygen atoms in total. The summed E-state index contributed by atoms with van der Waals surface area (Å²) in [6.45, 7) is 4.40. The van der Waals surface area contributed by atoms with E-state index in [0.717, 1.165) is 48.2 Å². The van der Waals surface area contributed by atoms with Crippen LogP contribution in [0.25, 0.3) is 0 Å². The number of carbonyl (C=O) groups excluding carboxylic acids is 1. The minimum atomic E-state index is -1.07. The highest BCUT2D eigenvalue weighted by Crippen LogP contribution is 2.34. The molecule has 2 aromatic heterocycles. The number of fused-ring (bicyclic) bond motifs is 1. The molecule has 1 unspecified atom stereocenters. The monoisotopic (exact) mass is 460 g/mol. The van der Waals surface area contributed by atoms with Crippen LogP contribution in [-0.4, -0.2) is 81.2 Å². The number of hydrogen-bond acceptors (Lipinski definition) is 9. The van der Waals surface area contributed by atoms with Gasteiger partial charge in [0.05, 0.1) is 29.6 Å². The molecule has 172 valence electrons. The van der Waals surface area contributed by atoms with Gasteiger partial charge >= 0.3 is 5.97 Å². The number of nitrogens with zero attached hydrogens (tertiary/aromatic N) is 6. The number of esters is 1. The molecule has 0 N–H and O–H groups in total. The van der Waals surface area contributed by atoms with Crippen LogP contribution >= 0.6 is 0 Å². The number of carbonyl (C=O) groups is 1. The van der Waals surface area contributed by atoms with Gasteiger partial charge in [-0.1, -0.05) is 0 Å². The molecule has 0 radical (unpaired) electrons. The highest BCUT2D eigenvalue weighted by molar-refractivity contribution is 7.85. The van der Waals surface area contributed by atoms with Crippen LogP contribution in [0.5, 0.6) is 0 Å². The SMILES string of the molecule is Cc1cc(C(=O)OC2CN(c3nc4c(c(N(C)C5CCOCC5)n3)S(=O)CC4)C2)nn1C. The Morgan fingerprint density at radius 1 is 1.28 bits per heavy atom. The van der Waals surface area contributed by atoms with Crippen LogP contribution in [0, 0.1) is 6.92 Å². The highest BCUT2D eigenvalue weighted by Gasteiger charge is 2.36. The van der Waals surface area contributed by atoms with E-state index in [1.165, 1.54) is 0 Å². The normalized spacial score (nSPS) is 21.3. The number of aromatic nitrogens is 4. The second-order valence-corrected chi connectivity index (χ2v) is 10.1. The first-order valence-corrected chi connectivity index (χ1v) is 12.3. The van der Waals surface area contributed by atoms with Crippen molar-refractivity contribution in [1.82, 2.24) is 19.7 Å². The fraction of sp³-hybridized carbons (Fsp3) is 0.619. The maximum atomic E-state index is 12.7. The molecular weight excluding hydrogens is 432 g/mol. The third kappa shape index (κ3) is 3.88. The van der Waals surface area contributed by atoms with Crippen molar-refractivity contribution in [2.45, 2.75) is 43.2 Å². The van der Waals surface area contributed by atoms with E-state index in [0.29, 0.717) is 42.9 Å². The number of rotatable bonds is 5. The predicted molar refractivity (Wildman–Crippen MR) is 119 cm³/mol. The lowest BCUT2D eigenvalue weighted by atomic mass is 10.1. The van der Waals surface area contributed by atoms with Crippen molar-refractivity contribution < 1.29 is 18.5 Å². The minimum Gasteiger partial charge on any atom is -0.454 e. The Kier molecular flexibility index (Phi) is 5.62. The van der Waals surface area contributed by atoms with E-state index in [4.69, 9.17) is 19.4 Å². The zero-order valence-corrected chi connectivity index (χ0v) is 19.4. The molecule has 11 heteroatoms. The molecule has 5 heterocycles. The molecule has 0 saturated carbocycles. The van der Waals surface area contributed by atoms with Crippen LogP contribution in [0.4, 0.5) is 11.8 Å². The van der Waals surface area contributed by atoms with E-state index in [1.807, 2.05) is 18.9 Å². The number of anilines is 2. The third-order valence-corrected chi connectivity index (χ3v) is 7.91. The molecule has 5 rings (SSSR count). The average molecular weight is 461 g/mol. The summed E-state index contributed by atoms with van der Waals surface area (Å²) in [4.78, 5) is 26.8. The topological polar surface area (TPSA) is 103 Å². The van der Waals surface area contributed by atoms with Gasteiger partial charge in [-0.2, -0.15) is 10.1 Å². The molecule has 3 aliphatic rings. The summed E-state index contributed by atoms with van der Waals surface area (Å²) in [6, 6.07) is 2.03. The highest BCUT2D eigenvalue weighted by atomic mass is 32.2. The molecule has 0 spiro atoms. The van der Waals surface area contributed by atoms with Gasteiger partial charge in [-0.25, -0.2) is 9.78 Å². The predicted octanol–water partition coefficient (Wildman–Crippen LogP) is 0.843. The fourth-order valence-corrected chi connectivity index (χ4v) is 5.73. The molecule has 1 atom stereocenters. The molecule has 2 aromatic rings. The van der Waals surface area contributed by atoms with E-state index >= 15 is 0 Å². The molecule has 3 aliphatic heterocycles. The van der Waals surface area contributed by atoms with Gasteiger partial charge in [0.2, 0.25) is 5.95 Å². The van der Waals surface area contributed by atoms with Crippen molar-refractivity contribution in [1.29, 1.82) is 0 Å². The minimum absolute atomic E-state index is 0.229. The number of aryl methyl sites for hydroxylation is 3. The van der Waals surface area contributed by atoms with E-state index in [1.54, 1.807) is 17.8 Å². The Bertz CT molecular complexity index is 1040. The van der Waals surface area contributed by atoms with Crippen LogP contribution in [0.3, 0.4) is 0 Å². The van der Waals surface area contributed by atoms with Gasteiger partial charge in [0.15, 0.2) is 11.5 Å². The maximum absolute atomic E-state index is 12.7. The zero-order chi connectivity index (χ0) is 22.4. The summed E-state index contributed by atoms with van der Waals surface area (Å²) < 4.78 is 25.4. The van der Waals surface area contributed by atoms with Gasteiger partial charge in [-0.3, -0.25) is 8.89 Å². The van der Waals surface area contributed by atoms with Gasteiger partial charge < -0.3 is 19.3 Å². The fourth-order valence-electron chi connectivity index (χ4n) is 4.34. The molecule has 2 saturated heterocycles. The van der Waals surface area contributed by atoms with Gasteiger partial charge in [0.25, 0.3) is 0 Å². The van der Waals surface area contributed by atoms with Crippen molar-refractivity contribution in [2.24, 2.45) is 7.05 Å². The van der Waals surface area contributed by atoms with Crippen LogP contribution in [0.1, 0.15) is 34.7 Å². The largest absolute Gasteiger partial charge is 0.454 e. The first-order valence-electron chi connectivity index (χ1n) is 11.0. The second-order valence-electron chi connectivity index (χ2n) is 8.60. The summed E-state index contributed by atoms with van der Waals surface area (Å²) in [7, 11) is 2.75. The Balaban J connectivity index is 1.30. The molecule has 2 fully saturated rings. The Morgan fingerprint density at radius 2 is 2.03 bits per heavy atom. The molecule has 0 amide bonds. The Hall–Kier alpha value is -2.53. The first-order chi connectivity index (χ1) is 15.4. The second kappa shape index (κ2) is 8.43. The van der Waals surface area contributed by atoms with Gasteiger partial charge in [0, 0.05) is 51.2 Å². The van der Waals surface area contributed by atoms with Crippen LogP contribution in [0.15, 0.2) is 11.0 Å². The summed E-state index contributed by atoms with van der Waals surface area (Å²) in [5, 5.41) is 4.18. The van der Waals surface area contributed by atoms with Crippen molar-refractivity contribution in [3.05, 3.63) is 23.1 Å². The van der Waals surface area contributed by atoms with Crippen LogP contribution < -0.4 is 9.80 Å². The van der Waals surface area contributed by atoms with Crippen LogP contribution in [0.2, 0.25) is 0 Å². The Labute approximate surface area is 189 Å². The molecule has 0 aromatic carbocycles. The van der Waals surface area contributed by atoms with Gasteiger partial charge in [-0.15, -0.1) is 0 Å². The van der Waals surface area contributed by atoms with E-state index < -0.39 is 16.8 Å². The summed E-state index contributed by atoms with van der Waals surface area (Å²) in [5.41, 5.74) is 2.09. The quantitative estimate of drug-likeness (QED) is 0.601. The summed E-state index contributed by atoms with van der Waals surface area (Å²) >= 11 is 0. The first kappa shape index (κ1) is 21.3. The zero-order valence-electron chi connectivity index (χ0n) is 18.6.